The molecule has 1 N–H and O–H groups in total. The molecule has 1 aliphatic heterocycles. The number of halogens is 1. The van der Waals surface area contributed by atoms with E-state index in [-0.39, 0.29) is 23.2 Å². The number of anilines is 1. The van der Waals surface area contributed by atoms with Gasteiger partial charge in [-0.3, -0.25) is 0 Å². The molecule has 2 rings (SSSR count). The van der Waals surface area contributed by atoms with Gasteiger partial charge < -0.3 is 10.0 Å². The van der Waals surface area contributed by atoms with E-state index in [0.29, 0.717) is 36.5 Å². The van der Waals surface area contributed by atoms with Crippen LogP contribution in [-0.4, -0.2) is 29.8 Å². The Morgan fingerprint density at radius 3 is 2.47 bits per heavy atom. The van der Waals surface area contributed by atoms with Crippen molar-refractivity contribution >= 4 is 17.4 Å². The molecule has 19 heavy (non-hydrogen) atoms. The normalized spacial score (nSPS) is 14.7. The van der Waals surface area contributed by atoms with E-state index >= 15 is 0 Å². The Balaban J connectivity index is 2.49. The summed E-state index contributed by atoms with van der Waals surface area (Å²) in [4.78, 5) is 6.09. The third-order valence-electron chi connectivity index (χ3n) is 3.33. The van der Waals surface area contributed by atoms with Gasteiger partial charge in [-0.05, 0) is 12.0 Å². The summed E-state index contributed by atoms with van der Waals surface area (Å²) in [6.45, 7) is 3.32. The summed E-state index contributed by atoms with van der Waals surface area (Å²) in [6, 6.07) is 4.13. The molecule has 5 nitrogen and oxygen atoms in total. The van der Waals surface area contributed by atoms with E-state index < -0.39 is 0 Å². The number of rotatable bonds is 3. The summed E-state index contributed by atoms with van der Waals surface area (Å²) in [6.07, 6.45) is 0.554. The van der Waals surface area contributed by atoms with E-state index in [1.165, 1.54) is 0 Å². The van der Waals surface area contributed by atoms with Crippen LogP contribution < -0.4 is 4.90 Å². The maximum absolute atomic E-state index is 9.31. The number of hydrogen-bond acceptors (Lipinski definition) is 5. The standard InChI is InChI=1S/C13H13ClN4O/c1-2-9-10(3-15)12(14)17-13(11(9)4-16)18-5-8(6-18)7-19/h8,19H,2,5-7H2,1H3. The number of aliphatic hydroxyl groups is 1. The predicted octanol–water partition coefficient (Wildman–Crippen LogP) is 1.47. The highest BCUT2D eigenvalue weighted by Crippen LogP contribution is 2.32. The van der Waals surface area contributed by atoms with Crippen molar-refractivity contribution in [3.05, 3.63) is 21.8 Å². The Kier molecular flexibility index (Phi) is 3.90. The lowest BCUT2D eigenvalue weighted by molar-refractivity contribution is 0.200. The van der Waals surface area contributed by atoms with Crippen LogP contribution >= 0.6 is 11.6 Å². The molecular formula is C13H13ClN4O. The third kappa shape index (κ3) is 2.23. The van der Waals surface area contributed by atoms with Crippen molar-refractivity contribution in [2.24, 2.45) is 5.92 Å². The minimum atomic E-state index is 0.128. The smallest absolute Gasteiger partial charge is 0.149 e. The number of nitrogens with zero attached hydrogens (tertiary/aromatic N) is 4. The Labute approximate surface area is 116 Å². The van der Waals surface area contributed by atoms with Gasteiger partial charge in [0.1, 0.15) is 23.1 Å². The molecule has 6 heteroatoms. The first kappa shape index (κ1) is 13.6. The molecule has 1 aromatic heterocycles. The summed E-state index contributed by atoms with van der Waals surface area (Å²) in [5, 5.41) is 27.6. The van der Waals surface area contributed by atoms with Crippen LogP contribution in [-0.2, 0) is 6.42 Å². The van der Waals surface area contributed by atoms with E-state index in [4.69, 9.17) is 22.0 Å². The summed E-state index contributed by atoms with van der Waals surface area (Å²) in [7, 11) is 0. The van der Waals surface area contributed by atoms with Crippen molar-refractivity contribution in [2.75, 3.05) is 24.6 Å². The first-order chi connectivity index (χ1) is 9.15. The van der Waals surface area contributed by atoms with Crippen molar-refractivity contribution in [1.29, 1.82) is 10.5 Å². The van der Waals surface area contributed by atoms with Crippen LogP contribution in [0.25, 0.3) is 0 Å². The van der Waals surface area contributed by atoms with Crippen LogP contribution in [0.5, 0.6) is 0 Å². The van der Waals surface area contributed by atoms with Gasteiger partial charge in [0, 0.05) is 25.6 Å². The van der Waals surface area contributed by atoms with Gasteiger partial charge in [0.2, 0.25) is 0 Å². The Hall–Kier alpha value is -1.82. The molecule has 0 amide bonds. The average molecular weight is 277 g/mol. The lowest BCUT2D eigenvalue weighted by atomic mass is 9.97. The van der Waals surface area contributed by atoms with E-state index in [0.717, 1.165) is 0 Å². The number of aliphatic hydroxyl groups excluding tert-OH is 1. The largest absolute Gasteiger partial charge is 0.396 e. The fourth-order valence-corrected chi connectivity index (χ4v) is 2.50. The highest BCUT2D eigenvalue weighted by atomic mass is 35.5. The van der Waals surface area contributed by atoms with Crippen LogP contribution in [0.3, 0.4) is 0 Å². The fraction of sp³-hybridized carbons (Fsp3) is 0.462. The molecule has 2 heterocycles. The third-order valence-corrected chi connectivity index (χ3v) is 3.60. The van der Waals surface area contributed by atoms with Gasteiger partial charge >= 0.3 is 0 Å². The van der Waals surface area contributed by atoms with Crippen LogP contribution in [0.1, 0.15) is 23.6 Å². The minimum absolute atomic E-state index is 0.128. The monoisotopic (exact) mass is 276 g/mol. The van der Waals surface area contributed by atoms with Crippen molar-refractivity contribution < 1.29 is 5.11 Å². The molecular weight excluding hydrogens is 264 g/mol. The SMILES string of the molecule is CCc1c(C#N)c(Cl)nc(N2CC(CO)C2)c1C#N. The molecule has 0 unspecified atom stereocenters. The second kappa shape index (κ2) is 5.44. The number of hydrogen-bond donors (Lipinski definition) is 1. The minimum Gasteiger partial charge on any atom is -0.396 e. The van der Waals surface area contributed by atoms with Crippen molar-refractivity contribution in [3.8, 4) is 12.1 Å². The Bertz CT molecular complexity index is 582. The number of nitriles is 2. The first-order valence-corrected chi connectivity index (χ1v) is 6.42. The summed E-state index contributed by atoms with van der Waals surface area (Å²) in [5.74, 6) is 0.737. The molecule has 0 bridgehead atoms. The molecule has 0 saturated carbocycles. The first-order valence-electron chi connectivity index (χ1n) is 6.04. The van der Waals surface area contributed by atoms with Crippen LogP contribution in [0, 0.1) is 28.6 Å². The van der Waals surface area contributed by atoms with E-state index in [2.05, 4.69) is 11.1 Å². The predicted molar refractivity (Wildman–Crippen MR) is 70.8 cm³/mol. The zero-order chi connectivity index (χ0) is 14.0. The molecule has 1 saturated heterocycles. The highest BCUT2D eigenvalue weighted by molar-refractivity contribution is 6.30. The quantitative estimate of drug-likeness (QED) is 0.845. The lowest BCUT2D eigenvalue weighted by Gasteiger charge is -2.39. The van der Waals surface area contributed by atoms with E-state index in [1.807, 2.05) is 17.9 Å². The van der Waals surface area contributed by atoms with Crippen LogP contribution in [0.15, 0.2) is 0 Å². The van der Waals surface area contributed by atoms with Gasteiger partial charge in [0.15, 0.2) is 0 Å². The molecule has 1 fully saturated rings. The van der Waals surface area contributed by atoms with Gasteiger partial charge in [0.25, 0.3) is 0 Å². The maximum atomic E-state index is 9.31. The topological polar surface area (TPSA) is 83.9 Å². The molecule has 0 atom stereocenters. The highest BCUT2D eigenvalue weighted by Gasteiger charge is 2.31. The second-order valence-electron chi connectivity index (χ2n) is 4.49. The van der Waals surface area contributed by atoms with Gasteiger partial charge in [-0.1, -0.05) is 18.5 Å². The van der Waals surface area contributed by atoms with E-state index in [9.17, 15) is 5.26 Å². The molecule has 98 valence electrons. The Morgan fingerprint density at radius 1 is 1.37 bits per heavy atom. The molecule has 0 radical (unpaired) electrons. The van der Waals surface area contributed by atoms with E-state index in [1.54, 1.807) is 0 Å². The van der Waals surface area contributed by atoms with Crippen molar-refractivity contribution in [3.63, 3.8) is 0 Å². The number of aromatic nitrogens is 1. The van der Waals surface area contributed by atoms with Crippen LogP contribution in [0.4, 0.5) is 5.82 Å². The van der Waals surface area contributed by atoms with Gasteiger partial charge in [0.05, 0.1) is 11.1 Å². The molecule has 1 aliphatic rings. The van der Waals surface area contributed by atoms with Gasteiger partial charge in [-0.2, -0.15) is 10.5 Å². The lowest BCUT2D eigenvalue weighted by Crippen LogP contribution is -2.49. The zero-order valence-electron chi connectivity index (χ0n) is 10.5. The fourth-order valence-electron chi connectivity index (χ4n) is 2.26. The summed E-state index contributed by atoms with van der Waals surface area (Å²) < 4.78 is 0. The molecule has 1 aromatic rings. The van der Waals surface area contributed by atoms with Gasteiger partial charge in [-0.25, -0.2) is 4.98 Å². The summed E-state index contributed by atoms with van der Waals surface area (Å²) in [5.41, 5.74) is 1.34. The molecule has 0 spiro atoms. The molecule has 0 aliphatic carbocycles. The average Bonchev–Trinajstić information content (AvgIpc) is 2.36. The maximum Gasteiger partial charge on any atom is 0.149 e. The molecule has 0 aromatic carbocycles. The van der Waals surface area contributed by atoms with Crippen LogP contribution in [0.2, 0.25) is 5.15 Å². The van der Waals surface area contributed by atoms with Crippen molar-refractivity contribution in [1.82, 2.24) is 4.98 Å². The second-order valence-corrected chi connectivity index (χ2v) is 4.84. The zero-order valence-corrected chi connectivity index (χ0v) is 11.3. The number of pyridine rings is 1. The van der Waals surface area contributed by atoms with Gasteiger partial charge in [-0.15, -0.1) is 0 Å². The van der Waals surface area contributed by atoms with Crippen molar-refractivity contribution in [2.45, 2.75) is 13.3 Å². The Morgan fingerprint density at radius 2 is 2.00 bits per heavy atom. The summed E-state index contributed by atoms with van der Waals surface area (Å²) >= 11 is 6.02.